The van der Waals surface area contributed by atoms with Crippen LogP contribution in [-0.4, -0.2) is 29.8 Å². The second-order valence-corrected chi connectivity index (χ2v) is 9.44. The second-order valence-electron chi connectivity index (χ2n) is 9.44. The van der Waals surface area contributed by atoms with E-state index in [0.717, 1.165) is 42.4 Å². The van der Waals surface area contributed by atoms with E-state index in [9.17, 15) is 9.59 Å². The zero-order chi connectivity index (χ0) is 22.2. The molecule has 1 saturated heterocycles. The fourth-order valence-corrected chi connectivity index (χ4v) is 5.65. The summed E-state index contributed by atoms with van der Waals surface area (Å²) >= 11 is 0. The smallest absolute Gasteiger partial charge is 0.233 e. The average Bonchev–Trinajstić information content (AvgIpc) is 3.41. The highest BCUT2D eigenvalue weighted by molar-refractivity contribution is 5.90. The average molecular weight is 420 g/mol. The van der Waals surface area contributed by atoms with E-state index in [0.29, 0.717) is 19.6 Å². The minimum absolute atomic E-state index is 0.0778. The molecule has 164 valence electrons. The number of nitrogens with zero attached hydrogens (tertiary/aromatic N) is 1. The highest BCUT2D eigenvalue weighted by Crippen LogP contribution is 2.45. The molecule has 5 heteroatoms. The SMILES string of the molecule is Cc1cc(C)cc(C2(C(=O)N3C[C@H](C(N)=O)[C@@H](c4ccc(CN)cc4)C3)CCCC2)c1. The van der Waals surface area contributed by atoms with E-state index in [1.807, 2.05) is 29.2 Å². The predicted octanol–water partition coefficient (Wildman–Crippen LogP) is 3.30. The molecule has 2 aliphatic rings. The van der Waals surface area contributed by atoms with E-state index >= 15 is 0 Å². The number of carbonyl (C=O) groups is 2. The molecule has 0 aromatic heterocycles. The third kappa shape index (κ3) is 3.99. The van der Waals surface area contributed by atoms with Gasteiger partial charge >= 0.3 is 0 Å². The van der Waals surface area contributed by atoms with Crippen molar-refractivity contribution >= 4 is 11.8 Å². The summed E-state index contributed by atoms with van der Waals surface area (Å²) in [6.45, 7) is 5.57. The lowest BCUT2D eigenvalue weighted by Gasteiger charge is -2.33. The highest BCUT2D eigenvalue weighted by Gasteiger charge is 2.49. The first kappa shape index (κ1) is 21.6. The fraction of sp³-hybridized carbons (Fsp3) is 0.462. The van der Waals surface area contributed by atoms with Crippen molar-refractivity contribution in [3.05, 3.63) is 70.3 Å². The summed E-state index contributed by atoms with van der Waals surface area (Å²) in [6.07, 6.45) is 3.83. The molecule has 1 aliphatic carbocycles. The normalized spacial score (nSPS) is 22.6. The summed E-state index contributed by atoms with van der Waals surface area (Å²) in [5, 5.41) is 0. The molecule has 0 unspecified atom stereocenters. The van der Waals surface area contributed by atoms with Crippen LogP contribution in [0.1, 0.15) is 59.4 Å². The molecular formula is C26H33N3O2. The zero-order valence-electron chi connectivity index (χ0n) is 18.6. The summed E-state index contributed by atoms with van der Waals surface area (Å²) in [4.78, 5) is 28.2. The van der Waals surface area contributed by atoms with Crippen molar-refractivity contribution in [2.45, 2.75) is 57.4 Å². The highest BCUT2D eigenvalue weighted by atomic mass is 16.2. The Hall–Kier alpha value is -2.66. The summed E-state index contributed by atoms with van der Waals surface area (Å²) in [7, 11) is 0. The second kappa shape index (κ2) is 8.46. The number of carbonyl (C=O) groups excluding carboxylic acids is 2. The van der Waals surface area contributed by atoms with Crippen LogP contribution in [0.4, 0.5) is 0 Å². The predicted molar refractivity (Wildman–Crippen MR) is 122 cm³/mol. The molecule has 0 bridgehead atoms. The number of primary amides is 1. The van der Waals surface area contributed by atoms with Crippen LogP contribution in [0.15, 0.2) is 42.5 Å². The van der Waals surface area contributed by atoms with Crippen LogP contribution in [-0.2, 0) is 21.5 Å². The lowest BCUT2D eigenvalue weighted by molar-refractivity contribution is -0.136. The Labute approximate surface area is 184 Å². The van der Waals surface area contributed by atoms with Crippen LogP contribution in [0.25, 0.3) is 0 Å². The molecule has 2 fully saturated rings. The van der Waals surface area contributed by atoms with Crippen LogP contribution < -0.4 is 11.5 Å². The molecule has 2 atom stereocenters. The van der Waals surface area contributed by atoms with Crippen molar-refractivity contribution in [1.29, 1.82) is 0 Å². The summed E-state index contributed by atoms with van der Waals surface area (Å²) in [5.74, 6) is -0.631. The largest absolute Gasteiger partial charge is 0.369 e. The van der Waals surface area contributed by atoms with Crippen molar-refractivity contribution in [2.24, 2.45) is 17.4 Å². The van der Waals surface area contributed by atoms with Crippen LogP contribution >= 0.6 is 0 Å². The van der Waals surface area contributed by atoms with E-state index in [1.54, 1.807) is 0 Å². The van der Waals surface area contributed by atoms with Crippen LogP contribution in [0.2, 0.25) is 0 Å². The van der Waals surface area contributed by atoms with Crippen LogP contribution in [0, 0.1) is 19.8 Å². The van der Waals surface area contributed by atoms with Crippen LogP contribution in [0.5, 0.6) is 0 Å². The molecule has 5 nitrogen and oxygen atoms in total. The molecule has 2 amide bonds. The first-order chi connectivity index (χ1) is 14.8. The van der Waals surface area contributed by atoms with Gasteiger partial charge in [-0.25, -0.2) is 0 Å². The number of benzene rings is 2. The van der Waals surface area contributed by atoms with Gasteiger partial charge in [-0.2, -0.15) is 0 Å². The van der Waals surface area contributed by atoms with Gasteiger partial charge in [-0.15, -0.1) is 0 Å². The maximum atomic E-state index is 14.0. The Kier molecular flexibility index (Phi) is 5.89. The van der Waals surface area contributed by atoms with Gasteiger partial charge in [0.15, 0.2) is 0 Å². The van der Waals surface area contributed by atoms with E-state index in [4.69, 9.17) is 11.5 Å². The third-order valence-electron chi connectivity index (χ3n) is 7.26. The molecule has 31 heavy (non-hydrogen) atoms. The topological polar surface area (TPSA) is 89.4 Å². The molecule has 1 heterocycles. The molecular weight excluding hydrogens is 386 g/mol. The third-order valence-corrected chi connectivity index (χ3v) is 7.26. The van der Waals surface area contributed by atoms with Gasteiger partial charge < -0.3 is 16.4 Å². The Bertz CT molecular complexity index is 956. The minimum Gasteiger partial charge on any atom is -0.369 e. The number of nitrogens with two attached hydrogens (primary N) is 2. The Morgan fingerprint density at radius 2 is 1.61 bits per heavy atom. The van der Waals surface area contributed by atoms with Crippen molar-refractivity contribution in [2.75, 3.05) is 13.1 Å². The Morgan fingerprint density at radius 1 is 1.00 bits per heavy atom. The molecule has 4 N–H and O–H groups in total. The fourth-order valence-electron chi connectivity index (χ4n) is 5.65. The van der Waals surface area contributed by atoms with Crippen LogP contribution in [0.3, 0.4) is 0 Å². The molecule has 0 spiro atoms. The number of likely N-dealkylation sites (tertiary alicyclic amines) is 1. The molecule has 0 radical (unpaired) electrons. The van der Waals surface area contributed by atoms with Gasteiger partial charge in [-0.3, -0.25) is 9.59 Å². The van der Waals surface area contributed by atoms with Gasteiger partial charge in [-0.1, -0.05) is 66.4 Å². The number of hydrogen-bond acceptors (Lipinski definition) is 3. The standard InChI is InChI=1S/C26H33N3O2/c1-17-11-18(2)13-21(12-17)26(9-3-4-10-26)25(31)29-15-22(23(16-29)24(28)30)20-7-5-19(14-27)6-8-20/h5-8,11-13,22-23H,3-4,9-10,14-16,27H2,1-2H3,(H2,28,30)/t22-,23+/m1/s1. The van der Waals surface area contributed by atoms with E-state index in [1.165, 1.54) is 11.1 Å². The van der Waals surface area contributed by atoms with E-state index < -0.39 is 5.41 Å². The Morgan fingerprint density at radius 3 is 2.16 bits per heavy atom. The molecule has 1 aliphatic heterocycles. The van der Waals surface area contributed by atoms with E-state index in [-0.39, 0.29) is 23.7 Å². The van der Waals surface area contributed by atoms with Crippen molar-refractivity contribution < 1.29 is 9.59 Å². The number of rotatable bonds is 5. The van der Waals surface area contributed by atoms with Gasteiger partial charge in [0.1, 0.15) is 0 Å². The molecule has 4 rings (SSSR count). The minimum atomic E-state index is -0.489. The number of aryl methyl sites for hydroxylation is 2. The van der Waals surface area contributed by atoms with Gasteiger partial charge in [0.05, 0.1) is 11.3 Å². The molecule has 2 aromatic rings. The van der Waals surface area contributed by atoms with Crippen molar-refractivity contribution in [3.8, 4) is 0 Å². The summed E-state index contributed by atoms with van der Waals surface area (Å²) in [6, 6.07) is 14.5. The van der Waals surface area contributed by atoms with Gasteiger partial charge in [-0.05, 0) is 43.4 Å². The molecule has 2 aromatic carbocycles. The van der Waals surface area contributed by atoms with Crippen molar-refractivity contribution in [1.82, 2.24) is 4.90 Å². The maximum Gasteiger partial charge on any atom is 0.233 e. The van der Waals surface area contributed by atoms with Gasteiger partial charge in [0.2, 0.25) is 11.8 Å². The molecule has 1 saturated carbocycles. The first-order valence-corrected chi connectivity index (χ1v) is 11.3. The van der Waals surface area contributed by atoms with E-state index in [2.05, 4.69) is 32.0 Å². The summed E-state index contributed by atoms with van der Waals surface area (Å²) < 4.78 is 0. The first-order valence-electron chi connectivity index (χ1n) is 11.3. The zero-order valence-corrected chi connectivity index (χ0v) is 18.6. The lowest BCUT2D eigenvalue weighted by Crippen LogP contribution is -2.45. The number of hydrogen-bond donors (Lipinski definition) is 2. The van der Waals surface area contributed by atoms with Crippen molar-refractivity contribution in [3.63, 3.8) is 0 Å². The maximum absolute atomic E-state index is 14.0. The van der Waals surface area contributed by atoms with Gasteiger partial charge in [0.25, 0.3) is 0 Å². The summed E-state index contributed by atoms with van der Waals surface area (Å²) in [5.41, 5.74) is 16.6. The van der Waals surface area contributed by atoms with Gasteiger partial charge in [0, 0.05) is 25.6 Å². The monoisotopic (exact) mass is 419 g/mol. The Balaban J connectivity index is 1.65. The lowest BCUT2D eigenvalue weighted by atomic mass is 9.76. The number of amides is 2. The quantitative estimate of drug-likeness (QED) is 0.779.